The van der Waals surface area contributed by atoms with Crippen LogP contribution in [0.5, 0.6) is 5.75 Å². The SMILES string of the molecule is COc1ccc(CN(C(=O)CN2CC(C)CC(C(=O)O)C2)C2CC2)cc1. The van der Waals surface area contributed by atoms with Gasteiger partial charge < -0.3 is 14.7 Å². The van der Waals surface area contributed by atoms with Gasteiger partial charge in [0.15, 0.2) is 0 Å². The summed E-state index contributed by atoms with van der Waals surface area (Å²) in [6.07, 6.45) is 2.80. The molecule has 2 aliphatic rings. The van der Waals surface area contributed by atoms with E-state index in [1.807, 2.05) is 34.1 Å². The van der Waals surface area contributed by atoms with Crippen molar-refractivity contribution in [2.24, 2.45) is 11.8 Å². The fourth-order valence-electron chi connectivity index (χ4n) is 3.79. The molecule has 2 atom stereocenters. The van der Waals surface area contributed by atoms with Crippen LogP contribution in [0.15, 0.2) is 24.3 Å². The second-order valence-corrected chi connectivity index (χ2v) is 7.67. The first-order chi connectivity index (χ1) is 12.5. The Morgan fingerprint density at radius 3 is 2.50 bits per heavy atom. The summed E-state index contributed by atoms with van der Waals surface area (Å²) in [5, 5.41) is 9.32. The van der Waals surface area contributed by atoms with Gasteiger partial charge in [0.25, 0.3) is 0 Å². The lowest BCUT2D eigenvalue weighted by molar-refractivity contribution is -0.146. The van der Waals surface area contributed by atoms with Gasteiger partial charge in [-0.15, -0.1) is 0 Å². The van der Waals surface area contributed by atoms with Crippen LogP contribution >= 0.6 is 0 Å². The van der Waals surface area contributed by atoms with Crippen molar-refractivity contribution in [3.8, 4) is 5.75 Å². The second kappa shape index (κ2) is 8.08. The van der Waals surface area contributed by atoms with Crippen LogP contribution in [0.1, 0.15) is 31.7 Å². The van der Waals surface area contributed by atoms with Gasteiger partial charge in [0.1, 0.15) is 5.75 Å². The summed E-state index contributed by atoms with van der Waals surface area (Å²) < 4.78 is 5.19. The number of likely N-dealkylation sites (tertiary alicyclic amines) is 1. The Labute approximate surface area is 154 Å². The monoisotopic (exact) mass is 360 g/mol. The van der Waals surface area contributed by atoms with Gasteiger partial charge in [-0.3, -0.25) is 14.5 Å². The van der Waals surface area contributed by atoms with Crippen molar-refractivity contribution in [3.63, 3.8) is 0 Å². The summed E-state index contributed by atoms with van der Waals surface area (Å²) in [6.45, 7) is 4.21. The lowest BCUT2D eigenvalue weighted by Gasteiger charge is -2.35. The predicted octanol–water partition coefficient (Wildman–Crippen LogP) is 2.23. The second-order valence-electron chi connectivity index (χ2n) is 7.67. The molecule has 0 bridgehead atoms. The summed E-state index contributed by atoms with van der Waals surface area (Å²) in [6, 6.07) is 8.13. The third-order valence-electron chi connectivity index (χ3n) is 5.26. The highest BCUT2D eigenvalue weighted by atomic mass is 16.5. The van der Waals surface area contributed by atoms with Gasteiger partial charge in [0.2, 0.25) is 5.91 Å². The molecule has 1 heterocycles. The van der Waals surface area contributed by atoms with E-state index < -0.39 is 5.97 Å². The highest BCUT2D eigenvalue weighted by Gasteiger charge is 2.35. The smallest absolute Gasteiger partial charge is 0.307 e. The number of carbonyl (C=O) groups excluding carboxylic acids is 1. The van der Waals surface area contributed by atoms with E-state index in [-0.39, 0.29) is 11.8 Å². The maximum absolute atomic E-state index is 12.9. The molecule has 6 nitrogen and oxygen atoms in total. The number of methoxy groups -OCH3 is 1. The van der Waals surface area contributed by atoms with Crippen molar-refractivity contribution < 1.29 is 19.4 Å². The van der Waals surface area contributed by atoms with Crippen molar-refractivity contribution in [2.45, 2.75) is 38.8 Å². The highest BCUT2D eigenvalue weighted by molar-refractivity contribution is 5.79. The van der Waals surface area contributed by atoms with Crippen molar-refractivity contribution in [2.75, 3.05) is 26.7 Å². The van der Waals surface area contributed by atoms with E-state index in [0.717, 1.165) is 30.7 Å². The molecule has 2 unspecified atom stereocenters. The summed E-state index contributed by atoms with van der Waals surface area (Å²) in [5.74, 6) is 0.0732. The van der Waals surface area contributed by atoms with Gasteiger partial charge in [0, 0.05) is 25.7 Å². The van der Waals surface area contributed by atoms with E-state index in [9.17, 15) is 14.7 Å². The molecular weight excluding hydrogens is 332 g/mol. The minimum atomic E-state index is -0.758. The Morgan fingerprint density at radius 1 is 1.23 bits per heavy atom. The molecule has 142 valence electrons. The first-order valence-electron chi connectivity index (χ1n) is 9.33. The Balaban J connectivity index is 1.62. The number of rotatable bonds is 7. The van der Waals surface area contributed by atoms with E-state index in [1.165, 1.54) is 0 Å². The Bertz CT molecular complexity index is 642. The molecule has 0 spiro atoms. The number of nitrogens with zero attached hydrogens (tertiary/aromatic N) is 2. The zero-order valence-corrected chi connectivity index (χ0v) is 15.6. The van der Waals surface area contributed by atoms with Crippen molar-refractivity contribution in [1.29, 1.82) is 0 Å². The average Bonchev–Trinajstić information content (AvgIpc) is 3.44. The number of carbonyl (C=O) groups is 2. The molecule has 1 saturated heterocycles. The van der Waals surface area contributed by atoms with Crippen LogP contribution in [0.3, 0.4) is 0 Å². The number of hydrogen-bond acceptors (Lipinski definition) is 4. The molecule has 3 rings (SSSR count). The minimum absolute atomic E-state index is 0.0987. The molecule has 1 aromatic carbocycles. The average molecular weight is 360 g/mol. The number of carboxylic acid groups (broad SMARTS) is 1. The van der Waals surface area contributed by atoms with Gasteiger partial charge >= 0.3 is 5.97 Å². The zero-order valence-electron chi connectivity index (χ0n) is 15.6. The molecule has 1 N–H and O–H groups in total. The third kappa shape index (κ3) is 4.75. The molecule has 0 aromatic heterocycles. The number of carboxylic acids is 1. The van der Waals surface area contributed by atoms with Gasteiger partial charge in [-0.25, -0.2) is 0 Å². The van der Waals surface area contributed by atoms with Crippen LogP contribution in [0.25, 0.3) is 0 Å². The molecule has 2 fully saturated rings. The van der Waals surface area contributed by atoms with Gasteiger partial charge in [-0.2, -0.15) is 0 Å². The standard InChI is InChI=1S/C20H28N2O4/c1-14-9-16(20(24)25)12-21(10-14)13-19(23)22(17-5-6-17)11-15-3-7-18(26-2)8-4-15/h3-4,7-8,14,16-17H,5-6,9-13H2,1-2H3,(H,24,25). The van der Waals surface area contributed by atoms with E-state index in [0.29, 0.717) is 38.0 Å². The van der Waals surface area contributed by atoms with E-state index in [1.54, 1.807) is 7.11 Å². The van der Waals surface area contributed by atoms with Crippen LogP contribution in [0.2, 0.25) is 0 Å². The first-order valence-corrected chi connectivity index (χ1v) is 9.33. The number of amides is 1. The summed E-state index contributed by atoms with van der Waals surface area (Å²) in [7, 11) is 1.64. The number of benzene rings is 1. The molecule has 1 saturated carbocycles. The molecule has 6 heteroatoms. The lowest BCUT2D eigenvalue weighted by atomic mass is 9.90. The largest absolute Gasteiger partial charge is 0.497 e. The quantitative estimate of drug-likeness (QED) is 0.807. The summed E-state index contributed by atoms with van der Waals surface area (Å²) in [5.41, 5.74) is 1.08. The van der Waals surface area contributed by atoms with Crippen molar-refractivity contribution >= 4 is 11.9 Å². The Hall–Kier alpha value is -2.08. The normalized spacial score (nSPS) is 23.5. The number of ether oxygens (including phenoxy) is 1. The maximum Gasteiger partial charge on any atom is 0.307 e. The molecule has 26 heavy (non-hydrogen) atoms. The third-order valence-corrected chi connectivity index (χ3v) is 5.26. The van der Waals surface area contributed by atoms with Crippen molar-refractivity contribution in [3.05, 3.63) is 29.8 Å². The van der Waals surface area contributed by atoms with E-state index in [2.05, 4.69) is 6.92 Å². The fourth-order valence-corrected chi connectivity index (χ4v) is 3.79. The molecule has 1 aromatic rings. The molecule has 0 radical (unpaired) electrons. The van der Waals surface area contributed by atoms with Crippen LogP contribution in [-0.2, 0) is 16.1 Å². The minimum Gasteiger partial charge on any atom is -0.497 e. The Kier molecular flexibility index (Phi) is 5.81. The van der Waals surface area contributed by atoms with Crippen LogP contribution in [0, 0.1) is 11.8 Å². The lowest BCUT2D eigenvalue weighted by Crippen LogP contribution is -2.48. The number of piperidine rings is 1. The van der Waals surface area contributed by atoms with Gasteiger partial charge in [0.05, 0.1) is 19.6 Å². The maximum atomic E-state index is 12.9. The summed E-state index contributed by atoms with van der Waals surface area (Å²) in [4.78, 5) is 28.2. The number of hydrogen-bond donors (Lipinski definition) is 1. The van der Waals surface area contributed by atoms with E-state index >= 15 is 0 Å². The predicted molar refractivity (Wildman–Crippen MR) is 97.9 cm³/mol. The first kappa shape index (κ1) is 18.7. The summed E-state index contributed by atoms with van der Waals surface area (Å²) >= 11 is 0. The Morgan fingerprint density at radius 2 is 1.92 bits per heavy atom. The van der Waals surface area contributed by atoms with Gasteiger partial charge in [-0.1, -0.05) is 19.1 Å². The zero-order chi connectivity index (χ0) is 18.7. The molecule has 1 aliphatic carbocycles. The van der Waals surface area contributed by atoms with Crippen LogP contribution < -0.4 is 4.74 Å². The van der Waals surface area contributed by atoms with Crippen molar-refractivity contribution in [1.82, 2.24) is 9.80 Å². The highest BCUT2D eigenvalue weighted by Crippen LogP contribution is 2.29. The molecule has 1 amide bonds. The number of aliphatic carboxylic acids is 1. The molecule has 1 aliphatic heterocycles. The van der Waals surface area contributed by atoms with Crippen LogP contribution in [-0.4, -0.2) is 59.6 Å². The fraction of sp³-hybridized carbons (Fsp3) is 0.600. The topological polar surface area (TPSA) is 70.1 Å². The van der Waals surface area contributed by atoms with Crippen LogP contribution in [0.4, 0.5) is 0 Å². The van der Waals surface area contributed by atoms with Gasteiger partial charge in [-0.05, 0) is 42.9 Å². The molecular formula is C20H28N2O4. The van der Waals surface area contributed by atoms with E-state index in [4.69, 9.17) is 4.74 Å².